The van der Waals surface area contributed by atoms with Crippen LogP contribution in [0.1, 0.15) is 27.7 Å². The van der Waals surface area contributed by atoms with Crippen LogP contribution in [-0.2, 0) is 9.09 Å². The van der Waals surface area contributed by atoms with Crippen molar-refractivity contribution in [2.24, 2.45) is 11.3 Å². The summed E-state index contributed by atoms with van der Waals surface area (Å²) in [6, 6.07) is 0. The standard InChI is InChI=1S/C7H17O4P/c1-6(7(2,3)4)5-11-12(8,9)10/h6H,5H2,1-4H3,(H2,8,9,10). The van der Waals surface area contributed by atoms with Crippen molar-refractivity contribution in [1.82, 2.24) is 0 Å². The van der Waals surface area contributed by atoms with Crippen molar-refractivity contribution in [3.8, 4) is 0 Å². The molecule has 74 valence electrons. The Morgan fingerprint density at radius 3 is 2.08 bits per heavy atom. The Bertz CT molecular complexity index is 178. The Balaban J connectivity index is 3.89. The quantitative estimate of drug-likeness (QED) is 0.675. The molecule has 0 saturated carbocycles. The van der Waals surface area contributed by atoms with E-state index in [0.717, 1.165) is 0 Å². The summed E-state index contributed by atoms with van der Waals surface area (Å²) in [7, 11) is -4.29. The molecule has 0 fully saturated rings. The molecule has 0 rings (SSSR count). The molecule has 12 heavy (non-hydrogen) atoms. The topological polar surface area (TPSA) is 66.8 Å². The number of phosphoric ester groups is 1. The van der Waals surface area contributed by atoms with Gasteiger partial charge in [-0.1, -0.05) is 27.7 Å². The normalized spacial score (nSPS) is 16.2. The van der Waals surface area contributed by atoms with Crippen molar-refractivity contribution in [1.29, 1.82) is 0 Å². The molecule has 0 heterocycles. The predicted octanol–water partition coefficient (Wildman–Crippen LogP) is 1.78. The zero-order valence-electron chi connectivity index (χ0n) is 7.94. The van der Waals surface area contributed by atoms with E-state index in [-0.39, 0.29) is 17.9 Å². The van der Waals surface area contributed by atoms with E-state index < -0.39 is 7.82 Å². The summed E-state index contributed by atoms with van der Waals surface area (Å²) < 4.78 is 14.7. The van der Waals surface area contributed by atoms with E-state index in [2.05, 4.69) is 4.52 Å². The van der Waals surface area contributed by atoms with Crippen molar-refractivity contribution < 1.29 is 18.9 Å². The SMILES string of the molecule is CC(COP(=O)(O)O)C(C)(C)C. The third-order valence-electron chi connectivity index (χ3n) is 1.97. The van der Waals surface area contributed by atoms with E-state index >= 15 is 0 Å². The lowest BCUT2D eigenvalue weighted by molar-refractivity contribution is 0.123. The molecule has 0 aliphatic heterocycles. The number of phosphoric acid groups is 1. The van der Waals surface area contributed by atoms with Crippen LogP contribution in [0.2, 0.25) is 0 Å². The minimum atomic E-state index is -4.29. The lowest BCUT2D eigenvalue weighted by atomic mass is 9.83. The van der Waals surface area contributed by atoms with Crippen molar-refractivity contribution in [2.75, 3.05) is 6.61 Å². The molecule has 0 aromatic heterocycles. The van der Waals surface area contributed by atoms with E-state index in [1.807, 2.05) is 27.7 Å². The molecule has 5 heteroatoms. The van der Waals surface area contributed by atoms with Crippen LogP contribution in [0, 0.1) is 11.3 Å². The van der Waals surface area contributed by atoms with Crippen LogP contribution >= 0.6 is 7.82 Å². The second kappa shape index (κ2) is 3.88. The molecule has 0 aromatic rings. The highest BCUT2D eigenvalue weighted by atomic mass is 31.2. The van der Waals surface area contributed by atoms with Crippen LogP contribution in [0.15, 0.2) is 0 Å². The van der Waals surface area contributed by atoms with Crippen LogP contribution in [-0.4, -0.2) is 16.4 Å². The van der Waals surface area contributed by atoms with E-state index in [4.69, 9.17) is 9.79 Å². The highest BCUT2D eigenvalue weighted by Gasteiger charge is 2.23. The summed E-state index contributed by atoms with van der Waals surface area (Å²) in [5.41, 5.74) is 0.00910. The minimum Gasteiger partial charge on any atom is -0.303 e. The van der Waals surface area contributed by atoms with Gasteiger partial charge in [0.1, 0.15) is 0 Å². The molecule has 0 bridgehead atoms. The number of hydrogen-bond acceptors (Lipinski definition) is 2. The predicted molar refractivity (Wildman–Crippen MR) is 46.6 cm³/mol. The molecule has 4 nitrogen and oxygen atoms in total. The van der Waals surface area contributed by atoms with E-state index in [1.165, 1.54) is 0 Å². The highest BCUT2D eigenvalue weighted by Crippen LogP contribution is 2.38. The molecule has 0 aliphatic carbocycles. The lowest BCUT2D eigenvalue weighted by Crippen LogP contribution is -2.21. The molecule has 0 aromatic carbocycles. The fourth-order valence-corrected chi connectivity index (χ4v) is 0.877. The number of hydrogen-bond donors (Lipinski definition) is 2. The first-order valence-corrected chi connectivity index (χ1v) is 5.36. The van der Waals surface area contributed by atoms with Gasteiger partial charge in [-0.05, 0) is 11.3 Å². The van der Waals surface area contributed by atoms with Crippen LogP contribution in [0.25, 0.3) is 0 Å². The molecule has 0 spiro atoms. The maximum absolute atomic E-state index is 10.3. The molecular weight excluding hydrogens is 179 g/mol. The molecule has 0 saturated heterocycles. The first-order valence-electron chi connectivity index (χ1n) is 3.83. The van der Waals surface area contributed by atoms with Crippen molar-refractivity contribution in [2.45, 2.75) is 27.7 Å². The molecule has 0 amide bonds. The first kappa shape index (κ1) is 12.1. The Morgan fingerprint density at radius 1 is 1.42 bits per heavy atom. The fraction of sp³-hybridized carbons (Fsp3) is 1.00. The Kier molecular flexibility index (Phi) is 3.91. The highest BCUT2D eigenvalue weighted by molar-refractivity contribution is 7.46. The van der Waals surface area contributed by atoms with Gasteiger partial charge in [0, 0.05) is 0 Å². The van der Waals surface area contributed by atoms with Gasteiger partial charge in [-0.3, -0.25) is 4.52 Å². The Hall–Kier alpha value is 0.110. The van der Waals surface area contributed by atoms with Gasteiger partial charge in [0.15, 0.2) is 0 Å². The molecule has 0 aliphatic rings. The second-order valence-corrected chi connectivity index (χ2v) is 5.29. The van der Waals surface area contributed by atoms with Gasteiger partial charge in [0.25, 0.3) is 0 Å². The van der Waals surface area contributed by atoms with Crippen LogP contribution in [0.3, 0.4) is 0 Å². The summed E-state index contributed by atoms with van der Waals surface area (Å²) >= 11 is 0. The maximum atomic E-state index is 10.3. The Labute approximate surface area is 73.2 Å². The molecule has 0 radical (unpaired) electrons. The summed E-state index contributed by atoms with van der Waals surface area (Å²) in [4.78, 5) is 16.8. The summed E-state index contributed by atoms with van der Waals surface area (Å²) in [5, 5.41) is 0. The monoisotopic (exact) mass is 196 g/mol. The van der Waals surface area contributed by atoms with Gasteiger partial charge in [-0.15, -0.1) is 0 Å². The van der Waals surface area contributed by atoms with Gasteiger partial charge >= 0.3 is 7.82 Å². The maximum Gasteiger partial charge on any atom is 0.469 e. The minimum absolute atomic E-state index is 0.00910. The third kappa shape index (κ3) is 5.72. The average molecular weight is 196 g/mol. The molecular formula is C7H17O4P. The second-order valence-electron chi connectivity index (χ2n) is 4.05. The molecule has 2 N–H and O–H groups in total. The Morgan fingerprint density at radius 2 is 1.83 bits per heavy atom. The van der Waals surface area contributed by atoms with Gasteiger partial charge in [0.05, 0.1) is 6.61 Å². The lowest BCUT2D eigenvalue weighted by Gasteiger charge is -2.26. The largest absolute Gasteiger partial charge is 0.469 e. The zero-order valence-corrected chi connectivity index (χ0v) is 8.84. The van der Waals surface area contributed by atoms with Crippen molar-refractivity contribution in [3.05, 3.63) is 0 Å². The average Bonchev–Trinajstić information content (AvgIpc) is 1.78. The van der Waals surface area contributed by atoms with Crippen LogP contribution in [0.5, 0.6) is 0 Å². The van der Waals surface area contributed by atoms with Crippen LogP contribution in [0.4, 0.5) is 0 Å². The van der Waals surface area contributed by atoms with Crippen molar-refractivity contribution >= 4 is 7.82 Å². The third-order valence-corrected chi connectivity index (χ3v) is 2.46. The van der Waals surface area contributed by atoms with E-state index in [0.29, 0.717) is 0 Å². The molecule has 1 unspecified atom stereocenters. The van der Waals surface area contributed by atoms with Crippen molar-refractivity contribution in [3.63, 3.8) is 0 Å². The summed E-state index contributed by atoms with van der Waals surface area (Å²) in [6.07, 6.45) is 0. The number of rotatable bonds is 3. The van der Waals surface area contributed by atoms with Gasteiger partial charge in [-0.25, -0.2) is 4.57 Å². The van der Waals surface area contributed by atoms with Gasteiger partial charge < -0.3 is 9.79 Å². The summed E-state index contributed by atoms with van der Waals surface area (Å²) in [6.45, 7) is 7.99. The smallest absolute Gasteiger partial charge is 0.303 e. The van der Waals surface area contributed by atoms with Crippen LogP contribution < -0.4 is 0 Å². The van der Waals surface area contributed by atoms with E-state index in [1.54, 1.807) is 0 Å². The van der Waals surface area contributed by atoms with E-state index in [9.17, 15) is 4.57 Å². The first-order chi connectivity index (χ1) is 5.13. The van der Waals surface area contributed by atoms with Gasteiger partial charge in [0.2, 0.25) is 0 Å². The zero-order chi connectivity index (χ0) is 9.99. The fourth-order valence-electron chi connectivity index (χ4n) is 0.459. The summed E-state index contributed by atoms with van der Waals surface area (Å²) in [5.74, 6) is 0.116. The van der Waals surface area contributed by atoms with Gasteiger partial charge in [-0.2, -0.15) is 0 Å². The molecule has 1 atom stereocenters.